The number of imidazole rings is 1. The Morgan fingerprint density at radius 3 is 2.65 bits per heavy atom. The number of nitrogens with zero attached hydrogens (tertiary/aromatic N) is 4. The summed E-state index contributed by atoms with van der Waals surface area (Å²) >= 11 is 1.32. The van der Waals surface area contributed by atoms with Gasteiger partial charge in [0.2, 0.25) is 5.91 Å². The van der Waals surface area contributed by atoms with Crippen molar-refractivity contribution in [3.63, 3.8) is 0 Å². The number of rotatable bonds is 8. The van der Waals surface area contributed by atoms with Gasteiger partial charge in [-0.15, -0.1) is 0 Å². The first-order valence-corrected chi connectivity index (χ1v) is 11.7. The summed E-state index contributed by atoms with van der Waals surface area (Å²) in [5.41, 5.74) is 4.43. The van der Waals surface area contributed by atoms with Crippen LogP contribution in [-0.4, -0.2) is 39.5 Å². The van der Waals surface area contributed by atoms with Crippen LogP contribution in [-0.2, 0) is 16.1 Å². The molecule has 0 spiro atoms. The number of benzene rings is 2. The summed E-state index contributed by atoms with van der Waals surface area (Å²) < 4.78 is 22.5. The number of anilines is 1. The zero-order valence-electron chi connectivity index (χ0n) is 19.1. The van der Waals surface area contributed by atoms with Gasteiger partial charge in [0.1, 0.15) is 17.7 Å². The molecule has 0 fully saturated rings. The molecule has 2 aromatic carbocycles. The Hall–Kier alpha value is -3.61. The first kappa shape index (κ1) is 23.5. The molecule has 2 aromatic heterocycles. The molecule has 0 bridgehead atoms. The molecule has 0 aliphatic rings. The maximum Gasteiger partial charge on any atom is 0.236 e. The monoisotopic (exact) mass is 477 g/mol. The largest absolute Gasteiger partial charge is 0.383 e. The lowest BCUT2D eigenvalue weighted by atomic mass is 10.2. The van der Waals surface area contributed by atoms with E-state index in [9.17, 15) is 14.4 Å². The molecule has 2 heterocycles. The van der Waals surface area contributed by atoms with Crippen LogP contribution in [0.15, 0.2) is 53.7 Å². The summed E-state index contributed by atoms with van der Waals surface area (Å²) in [6.45, 7) is 4.83. The van der Waals surface area contributed by atoms with Crippen LogP contribution in [0.5, 0.6) is 0 Å². The minimum absolute atomic E-state index is 0.105. The predicted octanol–water partition coefficient (Wildman–Crippen LogP) is 4.83. The highest BCUT2D eigenvalue weighted by atomic mass is 32.2. The summed E-state index contributed by atoms with van der Waals surface area (Å²) in [6.07, 6.45) is 0. The number of hydrogen-bond donors (Lipinski definition) is 1. The van der Waals surface area contributed by atoms with Gasteiger partial charge >= 0.3 is 0 Å². The van der Waals surface area contributed by atoms with E-state index in [-0.39, 0.29) is 17.5 Å². The summed E-state index contributed by atoms with van der Waals surface area (Å²) in [6, 6.07) is 15.9. The lowest BCUT2D eigenvalue weighted by molar-refractivity contribution is -0.113. The molecule has 1 amide bonds. The molecule has 0 radical (unpaired) electrons. The fraction of sp³-hybridized carbons (Fsp3) is 0.240. The molecule has 34 heavy (non-hydrogen) atoms. The van der Waals surface area contributed by atoms with Gasteiger partial charge in [0.25, 0.3) is 0 Å². The van der Waals surface area contributed by atoms with Gasteiger partial charge < -0.3 is 14.6 Å². The van der Waals surface area contributed by atoms with Crippen molar-refractivity contribution in [1.82, 2.24) is 14.1 Å². The van der Waals surface area contributed by atoms with Crippen molar-refractivity contribution in [2.24, 2.45) is 0 Å². The number of ether oxygens (including phenoxy) is 1. The number of halogens is 1. The van der Waals surface area contributed by atoms with Crippen LogP contribution < -0.4 is 5.32 Å². The molecule has 1 N–H and O–H groups in total. The Bertz CT molecular complexity index is 1390. The van der Waals surface area contributed by atoms with Gasteiger partial charge in [0.05, 0.1) is 29.0 Å². The van der Waals surface area contributed by atoms with E-state index in [0.717, 1.165) is 27.4 Å². The number of methoxy groups -OCH3 is 1. The Morgan fingerprint density at radius 1 is 1.21 bits per heavy atom. The number of para-hydroxylation sites is 2. The molecule has 0 saturated heterocycles. The van der Waals surface area contributed by atoms with Crippen LogP contribution in [0.4, 0.5) is 10.2 Å². The molecule has 0 atom stereocenters. The van der Waals surface area contributed by atoms with Crippen molar-refractivity contribution in [1.29, 1.82) is 5.26 Å². The summed E-state index contributed by atoms with van der Waals surface area (Å²) in [5, 5.41) is 13.4. The van der Waals surface area contributed by atoms with E-state index in [1.807, 2.05) is 42.7 Å². The first-order valence-electron chi connectivity index (χ1n) is 10.7. The number of fused-ring (bicyclic) bond motifs is 1. The highest BCUT2D eigenvalue weighted by molar-refractivity contribution is 7.99. The number of carbonyl (C=O) groups is 1. The van der Waals surface area contributed by atoms with Gasteiger partial charge in [-0.1, -0.05) is 23.9 Å². The average Bonchev–Trinajstić information content (AvgIpc) is 3.31. The lowest BCUT2D eigenvalue weighted by Crippen LogP contribution is -2.18. The van der Waals surface area contributed by atoms with Gasteiger partial charge in [-0.2, -0.15) is 5.26 Å². The number of nitriles is 1. The molecule has 7 nitrogen and oxygen atoms in total. The molecule has 4 aromatic rings. The molecular formula is C25H24FN5O2S. The van der Waals surface area contributed by atoms with Crippen LogP contribution in [0.2, 0.25) is 0 Å². The molecule has 0 aliphatic carbocycles. The normalized spacial score (nSPS) is 11.0. The predicted molar refractivity (Wildman–Crippen MR) is 131 cm³/mol. The van der Waals surface area contributed by atoms with Gasteiger partial charge in [0.15, 0.2) is 5.16 Å². The smallest absolute Gasteiger partial charge is 0.236 e. The average molecular weight is 478 g/mol. The zero-order chi connectivity index (χ0) is 24.2. The number of hydrogen-bond acceptors (Lipinski definition) is 5. The van der Waals surface area contributed by atoms with Crippen LogP contribution in [0.3, 0.4) is 0 Å². The van der Waals surface area contributed by atoms with Crippen molar-refractivity contribution in [3.8, 4) is 11.8 Å². The maximum absolute atomic E-state index is 13.5. The van der Waals surface area contributed by atoms with Gasteiger partial charge in [-0.05, 0) is 55.8 Å². The van der Waals surface area contributed by atoms with Crippen LogP contribution >= 0.6 is 11.8 Å². The first-order chi connectivity index (χ1) is 16.4. The minimum atomic E-state index is -0.357. The third-order valence-electron chi connectivity index (χ3n) is 5.64. The van der Waals surface area contributed by atoms with E-state index in [4.69, 9.17) is 4.74 Å². The number of thioether (sulfide) groups is 1. The van der Waals surface area contributed by atoms with Crippen LogP contribution in [0.25, 0.3) is 16.7 Å². The standard InChI is InChI=1S/C25H24FN5O2S/c1-16-17(2)31(19-10-8-18(26)9-11-19)24(20(16)14-27)29-23(32)15-34-25-28-21-6-4-5-7-22(21)30(25)12-13-33-3/h4-11H,12-13,15H2,1-3H3,(H,29,32). The van der Waals surface area contributed by atoms with Crippen LogP contribution in [0.1, 0.15) is 16.8 Å². The SMILES string of the molecule is COCCn1c(SCC(=O)Nc2c(C#N)c(C)c(C)n2-c2ccc(F)cc2)nc2ccccc21. The van der Waals surface area contributed by atoms with Gasteiger partial charge in [-0.3, -0.25) is 9.36 Å². The fourth-order valence-electron chi connectivity index (χ4n) is 3.83. The van der Waals surface area contributed by atoms with Crippen molar-refractivity contribution in [2.45, 2.75) is 25.5 Å². The topological polar surface area (TPSA) is 84.9 Å². The second kappa shape index (κ2) is 10.1. The van der Waals surface area contributed by atoms with Crippen LogP contribution in [0, 0.1) is 31.0 Å². The number of aromatic nitrogens is 3. The summed E-state index contributed by atoms with van der Waals surface area (Å²) in [5.74, 6) is -0.145. The maximum atomic E-state index is 13.5. The molecule has 9 heteroatoms. The van der Waals surface area contributed by atoms with E-state index in [1.165, 1.54) is 23.9 Å². The van der Waals surface area contributed by atoms with Gasteiger partial charge in [0, 0.05) is 25.0 Å². The lowest BCUT2D eigenvalue weighted by Gasteiger charge is -2.13. The van der Waals surface area contributed by atoms with Gasteiger partial charge in [-0.25, -0.2) is 9.37 Å². The highest BCUT2D eigenvalue weighted by Gasteiger charge is 2.21. The van der Waals surface area contributed by atoms with E-state index >= 15 is 0 Å². The molecule has 0 aliphatic heterocycles. The molecular weight excluding hydrogens is 453 g/mol. The Labute approximate surface area is 201 Å². The second-order valence-corrected chi connectivity index (χ2v) is 8.66. The number of amides is 1. The highest BCUT2D eigenvalue weighted by Crippen LogP contribution is 2.31. The Balaban J connectivity index is 1.59. The summed E-state index contributed by atoms with van der Waals surface area (Å²) in [7, 11) is 1.65. The molecule has 4 rings (SSSR count). The summed E-state index contributed by atoms with van der Waals surface area (Å²) in [4.78, 5) is 17.6. The second-order valence-electron chi connectivity index (χ2n) is 7.72. The zero-order valence-corrected chi connectivity index (χ0v) is 19.9. The third-order valence-corrected chi connectivity index (χ3v) is 6.62. The van der Waals surface area contributed by atoms with E-state index in [1.54, 1.807) is 23.8 Å². The fourth-order valence-corrected chi connectivity index (χ4v) is 4.68. The van der Waals surface area contributed by atoms with E-state index in [2.05, 4.69) is 16.4 Å². The Morgan fingerprint density at radius 2 is 1.94 bits per heavy atom. The minimum Gasteiger partial charge on any atom is -0.383 e. The van der Waals surface area contributed by atoms with Crippen molar-refractivity contribution >= 4 is 34.5 Å². The molecule has 174 valence electrons. The van der Waals surface area contributed by atoms with Crippen molar-refractivity contribution in [2.75, 3.05) is 24.8 Å². The quantitative estimate of drug-likeness (QED) is 0.368. The molecule has 0 unspecified atom stereocenters. The van der Waals surface area contributed by atoms with E-state index in [0.29, 0.717) is 30.2 Å². The van der Waals surface area contributed by atoms with Crippen molar-refractivity contribution < 1.29 is 13.9 Å². The number of nitrogens with one attached hydrogen (secondary N) is 1. The van der Waals surface area contributed by atoms with E-state index < -0.39 is 0 Å². The van der Waals surface area contributed by atoms with Crippen molar-refractivity contribution in [3.05, 3.63) is 71.2 Å². The number of carbonyl (C=O) groups excluding carboxylic acids is 1. The molecule has 0 saturated carbocycles. The Kier molecular flexibility index (Phi) is 7.01. The third kappa shape index (κ3) is 4.55.